The van der Waals surface area contributed by atoms with Gasteiger partial charge in [0.2, 0.25) is 0 Å². The van der Waals surface area contributed by atoms with Crippen LogP contribution in [0.15, 0.2) is 4.63 Å². The van der Waals surface area contributed by atoms with E-state index in [1.54, 1.807) is 6.92 Å². The van der Waals surface area contributed by atoms with Gasteiger partial charge >= 0.3 is 0 Å². The fourth-order valence-corrected chi connectivity index (χ4v) is 1.32. The maximum absolute atomic E-state index is 4.16. The van der Waals surface area contributed by atoms with E-state index in [-0.39, 0.29) is 98.1 Å². The first-order chi connectivity index (χ1) is 8.68. The van der Waals surface area contributed by atoms with Crippen molar-refractivity contribution in [2.75, 3.05) is 0 Å². The van der Waals surface area contributed by atoms with Gasteiger partial charge in [-0.15, -0.1) is 15.9 Å². The van der Waals surface area contributed by atoms with Crippen LogP contribution in [0.5, 0.6) is 0 Å². The summed E-state index contributed by atoms with van der Waals surface area (Å²) in [7, 11) is 0. The van der Waals surface area contributed by atoms with Crippen molar-refractivity contribution in [1.29, 1.82) is 0 Å². The number of aromatic nitrogens is 6. The summed E-state index contributed by atoms with van der Waals surface area (Å²) in [5.74, 6) is 0. The van der Waals surface area contributed by atoms with Crippen LogP contribution in [-0.2, 0) is 98.1 Å². The van der Waals surface area contributed by atoms with Gasteiger partial charge in [0.05, 0.1) is 0 Å². The molecule has 7 nitrogen and oxygen atoms in total. The molecule has 3 aromatic heterocycles. The van der Waals surface area contributed by atoms with Gasteiger partial charge in [-0.1, -0.05) is 31.6 Å². The summed E-state index contributed by atoms with van der Waals surface area (Å²) >= 11 is 2.44. The molecule has 0 saturated carbocycles. The Morgan fingerprint density at radius 2 is 1.67 bits per heavy atom. The summed E-state index contributed by atoms with van der Waals surface area (Å²) in [5, 5.41) is 13.0. The molecule has 0 atom stereocenters. The molecule has 0 fully saturated rings. The zero-order valence-corrected chi connectivity index (χ0v) is 21.8. The molecule has 0 bridgehead atoms. The Morgan fingerprint density at radius 1 is 0.952 bits per heavy atom. The van der Waals surface area contributed by atoms with Crippen LogP contribution in [0.3, 0.4) is 0 Å². The Hall–Kier alpha value is 1.57. The van der Waals surface area contributed by atoms with Crippen molar-refractivity contribution in [3.63, 3.8) is 0 Å². The first-order valence-electron chi connectivity index (χ1n) is 4.69. The fourth-order valence-electron chi connectivity index (χ4n) is 0.566. The maximum atomic E-state index is 4.16. The Bertz CT molecular complexity index is 429. The van der Waals surface area contributed by atoms with Gasteiger partial charge in [0.1, 0.15) is 0 Å². The van der Waals surface area contributed by atoms with Gasteiger partial charge in [-0.25, -0.2) is 15.9 Å². The molecule has 3 radical (unpaired) electrons. The van der Waals surface area contributed by atoms with E-state index in [9.17, 15) is 0 Å². The molecular formula is C9H9N6OS2Y3-3. The van der Waals surface area contributed by atoms with Crippen molar-refractivity contribution < 1.29 is 103 Å². The van der Waals surface area contributed by atoms with Crippen LogP contribution in [0.4, 0.5) is 0 Å². The van der Waals surface area contributed by atoms with Gasteiger partial charge in [-0.2, -0.15) is 5.10 Å². The molecule has 0 aromatic carbocycles. The number of hydrogen-bond donors (Lipinski definition) is 0. The van der Waals surface area contributed by atoms with E-state index in [4.69, 9.17) is 0 Å². The van der Waals surface area contributed by atoms with E-state index in [0.717, 1.165) is 11.4 Å². The van der Waals surface area contributed by atoms with Crippen LogP contribution in [0, 0.1) is 38.5 Å². The monoisotopic (exact) mass is 548 g/mol. The molecule has 0 unspecified atom stereocenters. The molecule has 0 N–H and O–H groups in total. The molecule has 12 heteroatoms. The molecule has 3 heterocycles. The van der Waals surface area contributed by atoms with Crippen molar-refractivity contribution in [2.24, 2.45) is 0 Å². The van der Waals surface area contributed by atoms with Crippen LogP contribution >= 0.6 is 23.3 Å². The van der Waals surface area contributed by atoms with Gasteiger partial charge in [0, 0.05) is 110 Å². The molecule has 0 spiro atoms. The Labute approximate surface area is 206 Å². The number of nitrogens with zero attached hydrogens (tertiary/aromatic N) is 6. The van der Waals surface area contributed by atoms with Crippen molar-refractivity contribution in [3.05, 3.63) is 34.9 Å². The Kier molecular flexibility index (Phi) is 23.4. The molecule has 105 valence electrons. The first-order valence-corrected chi connectivity index (χ1v) is 6.19. The SMILES string of the molecule is Cc1[c-]non1.Cc1[c-]nsn1.Cc1[c-]snn1.[Y].[Y].[Y]. The van der Waals surface area contributed by atoms with E-state index in [1.165, 1.54) is 23.3 Å². The number of rotatable bonds is 0. The molecule has 0 amide bonds. The third-order valence-corrected chi connectivity index (χ3v) is 2.36. The largest absolute Gasteiger partial charge is 0.394 e. The molecule has 0 aliphatic heterocycles. The predicted molar refractivity (Wildman–Crippen MR) is 64.8 cm³/mol. The topological polar surface area (TPSA) is 90.5 Å². The second-order valence-corrected chi connectivity index (χ2v) is 3.96. The van der Waals surface area contributed by atoms with E-state index >= 15 is 0 Å². The van der Waals surface area contributed by atoms with Gasteiger partial charge in [-0.3, -0.25) is 16.0 Å². The maximum Gasteiger partial charge on any atom is 0.0262 e. The van der Waals surface area contributed by atoms with Crippen molar-refractivity contribution >= 4 is 23.3 Å². The van der Waals surface area contributed by atoms with E-state index in [1.807, 2.05) is 13.8 Å². The van der Waals surface area contributed by atoms with Crippen LogP contribution in [0.2, 0.25) is 0 Å². The number of hydrogen-bond acceptors (Lipinski definition) is 9. The van der Waals surface area contributed by atoms with Crippen LogP contribution in [0.25, 0.3) is 0 Å². The second-order valence-electron chi connectivity index (χ2n) is 2.88. The molecule has 21 heavy (non-hydrogen) atoms. The third-order valence-electron chi connectivity index (χ3n) is 1.28. The van der Waals surface area contributed by atoms with Crippen LogP contribution in [-0.4, -0.2) is 28.6 Å². The zero-order valence-electron chi connectivity index (χ0n) is 11.6. The van der Waals surface area contributed by atoms with Crippen LogP contribution < -0.4 is 0 Å². The van der Waals surface area contributed by atoms with E-state index in [0.29, 0.717) is 5.69 Å². The molecule has 0 saturated heterocycles. The molecule has 3 aromatic rings. The minimum absolute atomic E-state index is 0. The summed E-state index contributed by atoms with van der Waals surface area (Å²) in [6.45, 7) is 5.49. The third kappa shape index (κ3) is 16.2. The van der Waals surface area contributed by atoms with E-state index in [2.05, 4.69) is 51.1 Å². The van der Waals surface area contributed by atoms with Crippen molar-refractivity contribution in [2.45, 2.75) is 20.8 Å². The summed E-state index contributed by atoms with van der Waals surface area (Å²) in [5.41, 5.74) is 2.44. The average molecular weight is 548 g/mol. The average Bonchev–Trinajstić information content (AvgIpc) is 3.05. The quantitative estimate of drug-likeness (QED) is 0.394. The van der Waals surface area contributed by atoms with Gasteiger partial charge in [-0.05, 0) is 0 Å². The van der Waals surface area contributed by atoms with Gasteiger partial charge in [0.15, 0.2) is 0 Å². The summed E-state index contributed by atoms with van der Waals surface area (Å²) in [4.78, 5) is 0. The van der Waals surface area contributed by atoms with Crippen molar-refractivity contribution in [3.8, 4) is 0 Å². The number of aryl methyl sites for hydroxylation is 3. The molecule has 0 aliphatic rings. The minimum atomic E-state index is 0. The minimum Gasteiger partial charge on any atom is -0.394 e. The molecule has 3 rings (SSSR count). The van der Waals surface area contributed by atoms with E-state index < -0.39 is 0 Å². The first kappa shape index (κ1) is 27.4. The fraction of sp³-hybridized carbons (Fsp3) is 0.333. The summed E-state index contributed by atoms with van der Waals surface area (Å²) < 4.78 is 15.1. The molecule has 0 aliphatic carbocycles. The van der Waals surface area contributed by atoms with Crippen LogP contribution in [0.1, 0.15) is 17.1 Å². The summed E-state index contributed by atoms with van der Waals surface area (Å²) in [6.07, 6.45) is 5.13. The summed E-state index contributed by atoms with van der Waals surface area (Å²) in [6, 6.07) is 0. The molecular weight excluding hydrogens is 539 g/mol. The van der Waals surface area contributed by atoms with Crippen molar-refractivity contribution in [1.82, 2.24) is 28.6 Å². The normalized spacial score (nSPS) is 7.57. The second kappa shape index (κ2) is 17.9. The zero-order chi connectivity index (χ0) is 13.2. The Balaban J connectivity index is -0.000000216. The Morgan fingerprint density at radius 3 is 1.81 bits per heavy atom. The smallest absolute Gasteiger partial charge is 0.0262 e. The van der Waals surface area contributed by atoms with Gasteiger partial charge < -0.3 is 16.0 Å². The standard InChI is InChI=1S/C3H3N2O.2C3H3N2S.3Y/c1-3-2-4-6-5-3;1-3-2-6-5-4-3;1-3-2-4-6-5-3;;;/h3*1H3;;;/q3*-1;;;. The van der Waals surface area contributed by atoms with Gasteiger partial charge in [0.25, 0.3) is 0 Å². The predicted octanol–water partition coefficient (Wildman–Crippen LogP) is 1.46.